The van der Waals surface area contributed by atoms with Crippen molar-refractivity contribution in [1.82, 2.24) is 9.80 Å². The van der Waals surface area contributed by atoms with Gasteiger partial charge in [0.2, 0.25) is 0 Å². The minimum absolute atomic E-state index is 0.0126. The standard InChI is InChI=1S/C28H28FN5O5S/c1-17-16-32(10-9-24(17)35)27(36)34-26(22-8-7-20(14-30)12-25(22)40(3,38)39)23(15-31)18(2)33(28(34)37)21-6-4-5-19(11-21)13-29/h4-8,11-12,17,24,26,35H,9-10,13,16H2,1-3H3/t17?,24?,26-/m1/s1. The molecule has 12 heteroatoms. The number of allylic oxidation sites excluding steroid dienone is 1. The summed E-state index contributed by atoms with van der Waals surface area (Å²) in [6, 6.07) is 10.8. The van der Waals surface area contributed by atoms with Crippen LogP contribution in [0.2, 0.25) is 0 Å². The Labute approximate surface area is 232 Å². The number of hydrogen-bond donors (Lipinski definition) is 1. The van der Waals surface area contributed by atoms with Crippen molar-refractivity contribution in [3.8, 4) is 12.1 Å². The second-order valence-electron chi connectivity index (χ2n) is 10.0. The van der Waals surface area contributed by atoms with Gasteiger partial charge < -0.3 is 10.0 Å². The van der Waals surface area contributed by atoms with E-state index in [9.17, 15) is 38.0 Å². The largest absolute Gasteiger partial charge is 0.393 e. The average molecular weight is 566 g/mol. The van der Waals surface area contributed by atoms with E-state index in [0.717, 1.165) is 22.1 Å². The maximum absolute atomic E-state index is 14.2. The van der Waals surface area contributed by atoms with Crippen LogP contribution in [0, 0.1) is 28.6 Å². The first-order chi connectivity index (χ1) is 18.9. The minimum Gasteiger partial charge on any atom is -0.393 e. The molecule has 4 rings (SSSR count). The van der Waals surface area contributed by atoms with Crippen molar-refractivity contribution in [3.63, 3.8) is 0 Å². The Kier molecular flexibility index (Phi) is 7.96. The Balaban J connectivity index is 1.99. The number of rotatable bonds is 4. The quantitative estimate of drug-likeness (QED) is 0.589. The summed E-state index contributed by atoms with van der Waals surface area (Å²) in [4.78, 5) is 31.4. The zero-order chi connectivity index (χ0) is 29.4. The molecule has 0 radical (unpaired) electrons. The number of sulfone groups is 1. The Morgan fingerprint density at radius 3 is 2.50 bits per heavy atom. The molecule has 2 heterocycles. The van der Waals surface area contributed by atoms with Gasteiger partial charge in [0.25, 0.3) is 0 Å². The molecule has 40 heavy (non-hydrogen) atoms. The van der Waals surface area contributed by atoms with Gasteiger partial charge in [0.15, 0.2) is 9.84 Å². The van der Waals surface area contributed by atoms with Crippen LogP contribution in [0.4, 0.5) is 19.7 Å². The number of anilines is 1. The Hall–Kier alpha value is -4.26. The van der Waals surface area contributed by atoms with Crippen molar-refractivity contribution < 1.29 is 27.5 Å². The molecule has 2 unspecified atom stereocenters. The highest BCUT2D eigenvalue weighted by atomic mass is 32.2. The Morgan fingerprint density at radius 2 is 1.90 bits per heavy atom. The first kappa shape index (κ1) is 28.7. The molecule has 1 fully saturated rings. The summed E-state index contributed by atoms with van der Waals surface area (Å²) in [7, 11) is -3.98. The van der Waals surface area contributed by atoms with E-state index in [1.165, 1.54) is 36.1 Å². The lowest BCUT2D eigenvalue weighted by molar-refractivity contribution is 0.0410. The fourth-order valence-corrected chi connectivity index (χ4v) is 6.08. The topological polar surface area (TPSA) is 146 Å². The van der Waals surface area contributed by atoms with Crippen molar-refractivity contribution in [1.29, 1.82) is 10.5 Å². The van der Waals surface area contributed by atoms with E-state index in [-0.39, 0.29) is 64.0 Å². The number of aliphatic hydroxyl groups excluding tert-OH is 1. The first-order valence-electron chi connectivity index (χ1n) is 12.5. The van der Waals surface area contributed by atoms with Gasteiger partial charge in [0, 0.05) is 25.0 Å². The molecule has 4 amide bonds. The van der Waals surface area contributed by atoms with Gasteiger partial charge in [0.05, 0.1) is 40.0 Å². The number of nitrogens with zero attached hydrogens (tertiary/aromatic N) is 5. The molecule has 208 valence electrons. The number of halogens is 1. The third kappa shape index (κ3) is 5.16. The number of alkyl halides is 1. The summed E-state index contributed by atoms with van der Waals surface area (Å²) in [5.41, 5.74) is 0.615. The van der Waals surface area contributed by atoms with E-state index in [2.05, 4.69) is 6.07 Å². The molecule has 2 aliphatic heterocycles. The number of urea groups is 2. The molecule has 2 aliphatic rings. The van der Waals surface area contributed by atoms with Gasteiger partial charge in [-0.2, -0.15) is 10.5 Å². The molecular formula is C28H28FN5O5S. The monoisotopic (exact) mass is 565 g/mol. The number of likely N-dealkylation sites (tertiary alicyclic amines) is 1. The van der Waals surface area contributed by atoms with Crippen LogP contribution in [-0.2, 0) is 16.5 Å². The maximum atomic E-state index is 14.2. The average Bonchev–Trinajstić information content (AvgIpc) is 2.93. The number of carbonyl (C=O) groups is 2. The molecule has 2 aromatic rings. The minimum atomic E-state index is -3.98. The van der Waals surface area contributed by atoms with Gasteiger partial charge >= 0.3 is 12.1 Å². The number of hydrogen-bond acceptors (Lipinski definition) is 7. The molecule has 10 nitrogen and oxygen atoms in total. The molecule has 2 aromatic carbocycles. The van der Waals surface area contributed by atoms with Gasteiger partial charge in [-0.25, -0.2) is 27.3 Å². The highest BCUT2D eigenvalue weighted by molar-refractivity contribution is 7.90. The van der Waals surface area contributed by atoms with Crippen LogP contribution in [0.25, 0.3) is 0 Å². The summed E-state index contributed by atoms with van der Waals surface area (Å²) >= 11 is 0. The van der Waals surface area contributed by atoms with Crippen LogP contribution < -0.4 is 4.90 Å². The maximum Gasteiger partial charge on any atom is 0.337 e. The SMILES string of the molecule is CC1=C(C#N)[C@@H](c2ccc(C#N)cc2S(C)(=O)=O)N(C(=O)N2CCC(O)C(C)C2)C(=O)N1c1cccc(CF)c1. The second kappa shape index (κ2) is 11.1. The number of aliphatic hydroxyl groups is 1. The molecule has 0 spiro atoms. The summed E-state index contributed by atoms with van der Waals surface area (Å²) in [6.45, 7) is 2.73. The van der Waals surface area contributed by atoms with Crippen LogP contribution in [-0.4, -0.2) is 60.8 Å². The highest BCUT2D eigenvalue weighted by Crippen LogP contribution is 2.42. The van der Waals surface area contributed by atoms with Crippen LogP contribution in [0.15, 0.2) is 58.6 Å². The third-order valence-corrected chi connectivity index (χ3v) is 8.42. The number of nitriles is 2. The fourth-order valence-electron chi connectivity index (χ4n) is 5.13. The van der Waals surface area contributed by atoms with Gasteiger partial charge in [-0.3, -0.25) is 4.90 Å². The predicted molar refractivity (Wildman–Crippen MR) is 143 cm³/mol. The lowest BCUT2D eigenvalue weighted by atomic mass is 9.92. The molecular weight excluding hydrogens is 537 g/mol. The number of amides is 4. The summed E-state index contributed by atoms with van der Waals surface area (Å²) in [5, 5.41) is 29.9. The van der Waals surface area contributed by atoms with Crippen molar-refractivity contribution in [2.75, 3.05) is 24.2 Å². The van der Waals surface area contributed by atoms with Crippen molar-refractivity contribution >= 4 is 27.6 Å². The van der Waals surface area contributed by atoms with E-state index < -0.39 is 40.7 Å². The van der Waals surface area contributed by atoms with Gasteiger partial charge in [-0.05, 0) is 54.7 Å². The van der Waals surface area contributed by atoms with E-state index in [0.29, 0.717) is 0 Å². The summed E-state index contributed by atoms with van der Waals surface area (Å²) < 4.78 is 39.2. The van der Waals surface area contributed by atoms with E-state index >= 15 is 0 Å². The number of imide groups is 1. The predicted octanol–water partition coefficient (Wildman–Crippen LogP) is 4.03. The van der Waals surface area contributed by atoms with Crippen LogP contribution in [0.5, 0.6) is 0 Å². The molecule has 3 atom stereocenters. The number of benzene rings is 2. The van der Waals surface area contributed by atoms with E-state index in [1.807, 2.05) is 6.07 Å². The number of piperidine rings is 1. The molecule has 0 bridgehead atoms. The van der Waals surface area contributed by atoms with Crippen LogP contribution in [0.3, 0.4) is 0 Å². The molecule has 1 N–H and O–H groups in total. The van der Waals surface area contributed by atoms with Gasteiger partial charge in [-0.1, -0.05) is 25.1 Å². The van der Waals surface area contributed by atoms with Crippen molar-refractivity contribution in [2.24, 2.45) is 5.92 Å². The van der Waals surface area contributed by atoms with Crippen molar-refractivity contribution in [3.05, 3.63) is 70.4 Å². The Morgan fingerprint density at radius 1 is 1.18 bits per heavy atom. The van der Waals surface area contributed by atoms with Crippen LogP contribution >= 0.6 is 0 Å². The lowest BCUT2D eigenvalue weighted by Gasteiger charge is -2.44. The zero-order valence-electron chi connectivity index (χ0n) is 22.2. The second-order valence-corrected chi connectivity index (χ2v) is 12.0. The summed E-state index contributed by atoms with van der Waals surface area (Å²) in [6.07, 6.45) is 0.575. The molecule has 0 aromatic heterocycles. The third-order valence-electron chi connectivity index (χ3n) is 7.27. The Bertz CT molecular complexity index is 1590. The van der Waals surface area contributed by atoms with Gasteiger partial charge in [0.1, 0.15) is 12.7 Å². The summed E-state index contributed by atoms with van der Waals surface area (Å²) in [5.74, 6) is -0.289. The van der Waals surface area contributed by atoms with E-state index in [1.54, 1.807) is 19.1 Å². The van der Waals surface area contributed by atoms with Crippen LogP contribution in [0.1, 0.15) is 43.0 Å². The molecule has 0 aliphatic carbocycles. The first-order valence-corrected chi connectivity index (χ1v) is 14.4. The molecule has 1 saturated heterocycles. The van der Waals surface area contributed by atoms with Gasteiger partial charge in [-0.15, -0.1) is 0 Å². The van der Waals surface area contributed by atoms with E-state index in [4.69, 9.17) is 0 Å². The normalized spacial score (nSPS) is 21.7. The number of carbonyl (C=O) groups excluding carboxylic acids is 2. The highest BCUT2D eigenvalue weighted by Gasteiger charge is 2.47. The van der Waals surface area contributed by atoms with Crippen molar-refractivity contribution in [2.45, 2.75) is 44.0 Å². The zero-order valence-corrected chi connectivity index (χ0v) is 23.0. The molecule has 0 saturated carbocycles. The smallest absolute Gasteiger partial charge is 0.337 e. The lowest BCUT2D eigenvalue weighted by Crippen LogP contribution is -2.58. The fraction of sp³-hybridized carbons (Fsp3) is 0.357.